The summed E-state index contributed by atoms with van der Waals surface area (Å²) < 4.78 is 5.89. The molecule has 0 saturated heterocycles. The first-order valence-electron chi connectivity index (χ1n) is 6.13. The number of rotatable bonds is 4. The van der Waals surface area contributed by atoms with Gasteiger partial charge in [0.1, 0.15) is 5.75 Å². The Bertz CT molecular complexity index is 304. The Balaban J connectivity index is 1.92. The van der Waals surface area contributed by atoms with Gasteiger partial charge < -0.3 is 4.74 Å². The lowest BCUT2D eigenvalue weighted by molar-refractivity contribution is 0.121. The molecule has 0 N–H and O–H groups in total. The lowest BCUT2D eigenvalue weighted by Gasteiger charge is -2.35. The zero-order valence-electron chi connectivity index (χ0n) is 9.69. The lowest BCUT2D eigenvalue weighted by atomic mass is 9.76. The van der Waals surface area contributed by atoms with Gasteiger partial charge in [-0.3, -0.25) is 0 Å². The predicted octanol–water partition coefficient (Wildman–Crippen LogP) is 3.95. The molecule has 0 atom stereocenters. The van der Waals surface area contributed by atoms with Crippen LogP contribution in [0.3, 0.4) is 0 Å². The van der Waals surface area contributed by atoms with E-state index in [0.29, 0.717) is 5.41 Å². The Morgan fingerprint density at radius 2 is 1.75 bits per heavy atom. The highest BCUT2D eigenvalue weighted by molar-refractivity contribution is 7.80. The average Bonchev–Trinajstić information content (AvgIpc) is 2.39. The van der Waals surface area contributed by atoms with Gasteiger partial charge >= 0.3 is 0 Å². The van der Waals surface area contributed by atoms with Crippen LogP contribution in [0.5, 0.6) is 5.75 Å². The highest BCUT2D eigenvalue weighted by Gasteiger charge is 2.31. The Morgan fingerprint density at radius 3 is 2.38 bits per heavy atom. The zero-order valence-corrected chi connectivity index (χ0v) is 10.6. The van der Waals surface area contributed by atoms with Crippen LogP contribution in [-0.2, 0) is 0 Å². The molecule has 1 aromatic rings. The lowest BCUT2D eigenvalue weighted by Crippen LogP contribution is -2.32. The molecule has 1 aliphatic carbocycles. The normalized spacial score (nSPS) is 19.3. The molecular weight excluding hydrogens is 216 g/mol. The molecule has 0 radical (unpaired) electrons. The number of benzene rings is 1. The van der Waals surface area contributed by atoms with Gasteiger partial charge in [-0.1, -0.05) is 37.5 Å². The highest BCUT2D eigenvalue weighted by atomic mass is 32.1. The third-order valence-electron chi connectivity index (χ3n) is 3.54. The van der Waals surface area contributed by atoms with E-state index in [-0.39, 0.29) is 0 Å². The van der Waals surface area contributed by atoms with Crippen LogP contribution < -0.4 is 4.74 Å². The second-order valence-electron chi connectivity index (χ2n) is 4.82. The summed E-state index contributed by atoms with van der Waals surface area (Å²) in [5.74, 6) is 1.93. The van der Waals surface area contributed by atoms with E-state index in [9.17, 15) is 0 Å². The summed E-state index contributed by atoms with van der Waals surface area (Å²) in [5.41, 5.74) is 0.317. The van der Waals surface area contributed by atoms with E-state index in [1.54, 1.807) is 0 Å². The third-order valence-corrected chi connectivity index (χ3v) is 4.21. The van der Waals surface area contributed by atoms with Crippen molar-refractivity contribution in [2.24, 2.45) is 5.41 Å². The SMILES string of the molecule is SCC1(COc2ccccc2)CCCCC1. The minimum absolute atomic E-state index is 0.317. The van der Waals surface area contributed by atoms with Crippen LogP contribution in [0.2, 0.25) is 0 Å². The zero-order chi connectivity index (χ0) is 11.3. The maximum absolute atomic E-state index is 5.89. The predicted molar refractivity (Wildman–Crippen MR) is 71.3 cm³/mol. The van der Waals surface area contributed by atoms with Crippen molar-refractivity contribution in [1.82, 2.24) is 0 Å². The van der Waals surface area contributed by atoms with E-state index >= 15 is 0 Å². The van der Waals surface area contributed by atoms with Gasteiger partial charge in [-0.2, -0.15) is 12.6 Å². The maximum atomic E-state index is 5.89. The molecule has 0 aliphatic heterocycles. The van der Waals surface area contributed by atoms with Crippen molar-refractivity contribution in [2.75, 3.05) is 12.4 Å². The molecule has 2 heteroatoms. The molecule has 0 aromatic heterocycles. The molecular formula is C14H20OS. The van der Waals surface area contributed by atoms with Crippen molar-refractivity contribution in [3.8, 4) is 5.75 Å². The van der Waals surface area contributed by atoms with Crippen LogP contribution in [0, 0.1) is 5.41 Å². The number of ether oxygens (including phenoxy) is 1. The van der Waals surface area contributed by atoms with Crippen LogP contribution in [0.4, 0.5) is 0 Å². The first-order chi connectivity index (χ1) is 7.85. The Hall–Kier alpha value is -0.630. The average molecular weight is 236 g/mol. The van der Waals surface area contributed by atoms with Crippen molar-refractivity contribution in [1.29, 1.82) is 0 Å². The molecule has 16 heavy (non-hydrogen) atoms. The molecule has 0 heterocycles. The summed E-state index contributed by atoms with van der Waals surface area (Å²) in [5, 5.41) is 0. The molecule has 0 bridgehead atoms. The van der Waals surface area contributed by atoms with E-state index < -0.39 is 0 Å². The fraction of sp³-hybridized carbons (Fsp3) is 0.571. The summed E-state index contributed by atoms with van der Waals surface area (Å²) >= 11 is 4.52. The van der Waals surface area contributed by atoms with Crippen molar-refractivity contribution >= 4 is 12.6 Å². The first kappa shape index (κ1) is 11.8. The highest BCUT2D eigenvalue weighted by Crippen LogP contribution is 2.37. The minimum atomic E-state index is 0.317. The van der Waals surface area contributed by atoms with E-state index in [0.717, 1.165) is 18.1 Å². The van der Waals surface area contributed by atoms with Gasteiger partial charge in [0.15, 0.2) is 0 Å². The van der Waals surface area contributed by atoms with E-state index in [4.69, 9.17) is 4.74 Å². The van der Waals surface area contributed by atoms with Gasteiger partial charge in [0, 0.05) is 5.41 Å². The molecule has 1 aliphatic rings. The topological polar surface area (TPSA) is 9.23 Å². The number of hydrogen-bond donors (Lipinski definition) is 1. The molecule has 88 valence electrons. The smallest absolute Gasteiger partial charge is 0.119 e. The van der Waals surface area contributed by atoms with Gasteiger partial charge in [-0.05, 0) is 30.7 Å². The number of hydrogen-bond acceptors (Lipinski definition) is 2. The van der Waals surface area contributed by atoms with Crippen molar-refractivity contribution in [3.05, 3.63) is 30.3 Å². The van der Waals surface area contributed by atoms with E-state index in [2.05, 4.69) is 12.6 Å². The van der Waals surface area contributed by atoms with Crippen molar-refractivity contribution in [2.45, 2.75) is 32.1 Å². The minimum Gasteiger partial charge on any atom is -0.493 e. The van der Waals surface area contributed by atoms with Crippen LogP contribution in [0.1, 0.15) is 32.1 Å². The third kappa shape index (κ3) is 2.94. The molecule has 0 unspecified atom stereocenters. The van der Waals surface area contributed by atoms with Gasteiger partial charge in [0.25, 0.3) is 0 Å². The van der Waals surface area contributed by atoms with Crippen LogP contribution in [-0.4, -0.2) is 12.4 Å². The summed E-state index contributed by atoms with van der Waals surface area (Å²) in [4.78, 5) is 0. The second kappa shape index (κ2) is 5.62. The summed E-state index contributed by atoms with van der Waals surface area (Å²) in [7, 11) is 0. The Labute approximate surface area is 104 Å². The number of thiol groups is 1. The van der Waals surface area contributed by atoms with E-state index in [1.807, 2.05) is 30.3 Å². The Kier molecular flexibility index (Phi) is 4.16. The largest absolute Gasteiger partial charge is 0.493 e. The standard InChI is InChI=1S/C14H20OS/c16-12-14(9-5-2-6-10-14)11-15-13-7-3-1-4-8-13/h1,3-4,7-8,16H,2,5-6,9-12H2. The maximum Gasteiger partial charge on any atom is 0.119 e. The van der Waals surface area contributed by atoms with E-state index in [1.165, 1.54) is 32.1 Å². The summed E-state index contributed by atoms with van der Waals surface area (Å²) in [6.45, 7) is 0.820. The Morgan fingerprint density at radius 1 is 1.06 bits per heavy atom. The summed E-state index contributed by atoms with van der Waals surface area (Å²) in [6, 6.07) is 10.1. The van der Waals surface area contributed by atoms with Crippen LogP contribution in [0.25, 0.3) is 0 Å². The monoisotopic (exact) mass is 236 g/mol. The van der Waals surface area contributed by atoms with Crippen LogP contribution in [0.15, 0.2) is 30.3 Å². The molecule has 1 nitrogen and oxygen atoms in total. The van der Waals surface area contributed by atoms with Crippen LogP contribution >= 0.6 is 12.6 Å². The molecule has 1 fully saturated rings. The van der Waals surface area contributed by atoms with Gasteiger partial charge in [0.2, 0.25) is 0 Å². The summed E-state index contributed by atoms with van der Waals surface area (Å²) in [6.07, 6.45) is 6.57. The van der Waals surface area contributed by atoms with Crippen molar-refractivity contribution < 1.29 is 4.74 Å². The van der Waals surface area contributed by atoms with Gasteiger partial charge in [-0.25, -0.2) is 0 Å². The molecule has 0 spiro atoms. The molecule has 1 saturated carbocycles. The quantitative estimate of drug-likeness (QED) is 0.779. The molecule has 1 aromatic carbocycles. The fourth-order valence-corrected chi connectivity index (χ4v) is 2.81. The first-order valence-corrected chi connectivity index (χ1v) is 6.77. The van der Waals surface area contributed by atoms with Gasteiger partial charge in [-0.15, -0.1) is 0 Å². The van der Waals surface area contributed by atoms with Crippen molar-refractivity contribution in [3.63, 3.8) is 0 Å². The second-order valence-corrected chi connectivity index (χ2v) is 5.14. The number of para-hydroxylation sites is 1. The molecule has 0 amide bonds. The molecule has 2 rings (SSSR count). The fourth-order valence-electron chi connectivity index (χ4n) is 2.40. The van der Waals surface area contributed by atoms with Gasteiger partial charge in [0.05, 0.1) is 6.61 Å².